The number of guanidine groups is 1. The third-order valence-electron chi connectivity index (χ3n) is 4.04. The monoisotopic (exact) mass is 385 g/mol. The van der Waals surface area contributed by atoms with Gasteiger partial charge in [-0.25, -0.2) is 0 Å². The van der Waals surface area contributed by atoms with Crippen molar-refractivity contribution >= 4 is 24.1 Å². The van der Waals surface area contributed by atoms with Crippen LogP contribution in [-0.2, 0) is 14.4 Å². The maximum atomic E-state index is 12.5. The molecule has 10 heteroatoms. The van der Waals surface area contributed by atoms with Crippen LogP contribution in [0.1, 0.15) is 40.5 Å². The molecule has 0 saturated carbocycles. The van der Waals surface area contributed by atoms with Crippen LogP contribution in [0.3, 0.4) is 0 Å². The number of hydrogen-bond acceptors (Lipinski definition) is 6. The third kappa shape index (κ3) is 9.34. The summed E-state index contributed by atoms with van der Waals surface area (Å²) in [5.41, 5.74) is 10.9. The van der Waals surface area contributed by atoms with E-state index < -0.39 is 36.0 Å². The fourth-order valence-corrected chi connectivity index (χ4v) is 2.31. The normalized spacial score (nSPS) is 15.6. The lowest BCUT2D eigenvalue weighted by molar-refractivity contribution is -0.132. The summed E-state index contributed by atoms with van der Waals surface area (Å²) in [6, 6.07) is -2.92. The highest BCUT2D eigenvalue weighted by molar-refractivity contribution is 5.91. The molecule has 0 spiro atoms. The smallest absolute Gasteiger partial charge is 0.243 e. The van der Waals surface area contributed by atoms with Crippen LogP contribution in [0.2, 0.25) is 0 Å². The molecule has 0 aliphatic carbocycles. The minimum Gasteiger partial charge on any atom is -0.391 e. The van der Waals surface area contributed by atoms with Crippen molar-refractivity contribution in [3.63, 3.8) is 0 Å². The zero-order chi connectivity index (χ0) is 21.1. The van der Waals surface area contributed by atoms with E-state index in [1.54, 1.807) is 34.0 Å². The average molecular weight is 385 g/mol. The van der Waals surface area contributed by atoms with Crippen LogP contribution < -0.4 is 27.4 Å². The Bertz CT molecular complexity index is 512. The number of carbonyl (C=O) groups is 2. The van der Waals surface area contributed by atoms with E-state index in [0.717, 1.165) is 0 Å². The van der Waals surface area contributed by atoms with Crippen LogP contribution in [0, 0.1) is 17.2 Å². The molecular formula is C17H33N6O4. The van der Waals surface area contributed by atoms with Crippen LogP contribution in [0.25, 0.3) is 0 Å². The molecule has 0 heterocycles. The Morgan fingerprint density at radius 1 is 1.11 bits per heavy atom. The highest BCUT2D eigenvalue weighted by atomic mass is 16.3. The Balaban J connectivity index is 4.79. The van der Waals surface area contributed by atoms with Crippen molar-refractivity contribution < 1.29 is 19.5 Å². The Kier molecular flexibility index (Phi) is 11.2. The summed E-state index contributed by atoms with van der Waals surface area (Å²) in [4.78, 5) is 35.8. The lowest BCUT2D eigenvalue weighted by Crippen LogP contribution is -2.58. The van der Waals surface area contributed by atoms with Gasteiger partial charge in [-0.3, -0.25) is 19.8 Å². The summed E-state index contributed by atoms with van der Waals surface area (Å²) in [6.45, 7) is 7.33. The van der Waals surface area contributed by atoms with Gasteiger partial charge in [-0.2, -0.15) is 0 Å². The molecule has 10 nitrogen and oxygen atoms in total. The molecule has 0 aromatic rings. The molecule has 1 radical (unpaired) electrons. The molecule has 0 rings (SSSR count). The van der Waals surface area contributed by atoms with Crippen molar-refractivity contribution in [1.29, 1.82) is 5.41 Å². The topological polar surface area (TPSA) is 183 Å². The van der Waals surface area contributed by atoms with Gasteiger partial charge >= 0.3 is 0 Å². The van der Waals surface area contributed by atoms with Crippen molar-refractivity contribution in [3.05, 3.63) is 0 Å². The number of amides is 2. The minimum atomic E-state index is -1.16. The maximum absolute atomic E-state index is 12.5. The molecule has 0 bridgehead atoms. The number of nitrogens with one attached hydrogen (secondary N) is 4. The molecule has 0 aromatic carbocycles. The number of aliphatic hydroxyl groups excluding tert-OH is 1. The molecule has 155 valence electrons. The van der Waals surface area contributed by atoms with Crippen molar-refractivity contribution in [3.8, 4) is 0 Å². The molecule has 0 aliphatic heterocycles. The summed E-state index contributed by atoms with van der Waals surface area (Å²) in [5, 5.41) is 24.7. The molecule has 9 N–H and O–H groups in total. The summed E-state index contributed by atoms with van der Waals surface area (Å²) < 4.78 is 0. The van der Waals surface area contributed by atoms with Crippen LogP contribution in [0.15, 0.2) is 0 Å². The summed E-state index contributed by atoms with van der Waals surface area (Å²) in [5.74, 6) is -1.81. The number of carbonyl (C=O) groups excluding carboxylic acids is 3. The molecule has 0 aromatic heterocycles. The zero-order valence-corrected chi connectivity index (χ0v) is 16.4. The Morgan fingerprint density at radius 3 is 2.15 bits per heavy atom. The predicted octanol–water partition coefficient (Wildman–Crippen LogP) is -1.67. The molecule has 0 aliphatic rings. The molecule has 0 fully saturated rings. The van der Waals surface area contributed by atoms with Crippen LogP contribution in [0.5, 0.6) is 0 Å². The van der Waals surface area contributed by atoms with E-state index in [-0.39, 0.29) is 17.8 Å². The molecule has 0 saturated heterocycles. The fourth-order valence-electron chi connectivity index (χ4n) is 2.31. The summed E-state index contributed by atoms with van der Waals surface area (Å²) in [6.07, 6.45) is 1.51. The Labute approximate surface area is 160 Å². The van der Waals surface area contributed by atoms with Crippen LogP contribution >= 0.6 is 0 Å². The van der Waals surface area contributed by atoms with E-state index in [2.05, 4.69) is 16.0 Å². The van der Waals surface area contributed by atoms with Gasteiger partial charge in [-0.05, 0) is 24.7 Å². The van der Waals surface area contributed by atoms with E-state index in [4.69, 9.17) is 16.9 Å². The lowest BCUT2D eigenvalue weighted by atomic mass is 9.98. The molecular weight excluding hydrogens is 352 g/mol. The van der Waals surface area contributed by atoms with E-state index >= 15 is 0 Å². The number of rotatable bonds is 12. The van der Waals surface area contributed by atoms with Gasteiger partial charge in [0.05, 0.1) is 12.1 Å². The fraction of sp³-hybridized carbons (Fsp3) is 0.765. The highest BCUT2D eigenvalue weighted by Gasteiger charge is 2.31. The first-order valence-corrected chi connectivity index (χ1v) is 9.01. The zero-order valence-electron chi connectivity index (χ0n) is 16.4. The molecule has 2 amide bonds. The van der Waals surface area contributed by atoms with Gasteiger partial charge in [0.1, 0.15) is 12.1 Å². The largest absolute Gasteiger partial charge is 0.391 e. The van der Waals surface area contributed by atoms with Gasteiger partial charge in [0, 0.05) is 6.54 Å². The standard InChI is InChI=1S/C17H33N6O4/c1-9(2)13(23-15(26)12(18)14(25)10(3)4)16(27)22-11(8-24)6-5-7-21-17(19)20/h9-14,25H,5-7,18H2,1-4H3,(H,22,27)(H,23,26)(H4,19,20,21)/t11-,12+,13+,14-/m1/s1. The van der Waals surface area contributed by atoms with Gasteiger partial charge < -0.3 is 32.5 Å². The molecule has 4 atom stereocenters. The quantitative estimate of drug-likeness (QED) is 0.119. The number of hydrogen-bond donors (Lipinski definition) is 7. The first-order valence-electron chi connectivity index (χ1n) is 9.01. The predicted molar refractivity (Wildman–Crippen MR) is 102 cm³/mol. The number of aliphatic hydroxyl groups is 1. The van der Waals surface area contributed by atoms with Gasteiger partial charge in [0.25, 0.3) is 0 Å². The van der Waals surface area contributed by atoms with Crippen LogP contribution in [0.4, 0.5) is 0 Å². The van der Waals surface area contributed by atoms with Crippen molar-refractivity contribution in [2.45, 2.75) is 64.8 Å². The van der Waals surface area contributed by atoms with E-state index in [1.165, 1.54) is 0 Å². The second-order valence-electron chi connectivity index (χ2n) is 7.15. The van der Waals surface area contributed by atoms with E-state index in [9.17, 15) is 19.5 Å². The van der Waals surface area contributed by atoms with Crippen molar-refractivity contribution in [2.24, 2.45) is 23.3 Å². The summed E-state index contributed by atoms with van der Waals surface area (Å²) >= 11 is 0. The Morgan fingerprint density at radius 2 is 1.70 bits per heavy atom. The molecule has 0 unspecified atom stereocenters. The van der Waals surface area contributed by atoms with Crippen molar-refractivity contribution in [2.75, 3.05) is 6.54 Å². The second kappa shape index (κ2) is 12.2. The minimum absolute atomic E-state index is 0.173. The lowest BCUT2D eigenvalue weighted by Gasteiger charge is -2.27. The van der Waals surface area contributed by atoms with Gasteiger partial charge in [-0.1, -0.05) is 27.7 Å². The number of nitrogens with two attached hydrogens (primary N) is 2. The second-order valence-corrected chi connectivity index (χ2v) is 7.15. The van der Waals surface area contributed by atoms with Gasteiger partial charge in [0.2, 0.25) is 18.1 Å². The van der Waals surface area contributed by atoms with Gasteiger partial charge in [0.15, 0.2) is 5.96 Å². The van der Waals surface area contributed by atoms with E-state index in [0.29, 0.717) is 19.4 Å². The highest BCUT2D eigenvalue weighted by Crippen LogP contribution is 2.08. The SMILES string of the molecule is CC(C)[C@H](NC(=O)[C@@H](N)[C@H](O)C(C)C)C(=O)N[C@@H]([C]=O)CCCNC(=N)N. The maximum Gasteiger partial charge on any atom is 0.243 e. The van der Waals surface area contributed by atoms with Gasteiger partial charge in [-0.15, -0.1) is 0 Å². The average Bonchev–Trinajstić information content (AvgIpc) is 2.59. The molecule has 27 heavy (non-hydrogen) atoms. The first kappa shape index (κ1) is 24.8. The summed E-state index contributed by atoms with van der Waals surface area (Å²) in [7, 11) is 0. The van der Waals surface area contributed by atoms with E-state index in [1.807, 2.05) is 0 Å². The third-order valence-corrected chi connectivity index (χ3v) is 4.04. The van der Waals surface area contributed by atoms with Crippen LogP contribution in [-0.4, -0.2) is 59.9 Å². The Hall–Kier alpha value is -2.20. The first-order chi connectivity index (χ1) is 12.5. The van der Waals surface area contributed by atoms with Crippen molar-refractivity contribution in [1.82, 2.24) is 16.0 Å².